The number of ether oxygens (including phenoxy) is 1. The summed E-state index contributed by atoms with van der Waals surface area (Å²) in [5.41, 5.74) is 5.01. The SMILES string of the molecule is NC1(CO)CCCC(OCC(F)(F)F)C1. The Morgan fingerprint density at radius 1 is 1.47 bits per heavy atom. The van der Waals surface area contributed by atoms with Crippen molar-refractivity contribution in [3.63, 3.8) is 0 Å². The van der Waals surface area contributed by atoms with Crippen molar-refractivity contribution >= 4 is 0 Å². The van der Waals surface area contributed by atoms with Crippen molar-refractivity contribution in [3.05, 3.63) is 0 Å². The fraction of sp³-hybridized carbons (Fsp3) is 1.00. The van der Waals surface area contributed by atoms with Gasteiger partial charge in [-0.3, -0.25) is 0 Å². The molecule has 1 aliphatic rings. The van der Waals surface area contributed by atoms with E-state index in [4.69, 9.17) is 15.6 Å². The lowest BCUT2D eigenvalue weighted by Gasteiger charge is -2.36. The van der Waals surface area contributed by atoms with Crippen LogP contribution in [-0.4, -0.2) is 36.1 Å². The quantitative estimate of drug-likeness (QED) is 0.761. The molecule has 0 aliphatic heterocycles. The Kier molecular flexibility index (Phi) is 3.97. The molecule has 0 radical (unpaired) electrons. The van der Waals surface area contributed by atoms with Crippen LogP contribution in [0.5, 0.6) is 0 Å². The van der Waals surface area contributed by atoms with E-state index in [9.17, 15) is 13.2 Å². The molecule has 90 valence electrons. The van der Waals surface area contributed by atoms with Gasteiger partial charge in [0.15, 0.2) is 0 Å². The third-order valence-corrected chi connectivity index (χ3v) is 2.63. The first kappa shape index (κ1) is 12.7. The number of rotatable bonds is 3. The summed E-state index contributed by atoms with van der Waals surface area (Å²) in [6, 6.07) is 0. The van der Waals surface area contributed by atoms with Crippen LogP contribution in [0.15, 0.2) is 0 Å². The molecule has 6 heteroatoms. The van der Waals surface area contributed by atoms with E-state index in [0.717, 1.165) is 0 Å². The molecule has 2 atom stereocenters. The summed E-state index contributed by atoms with van der Waals surface area (Å²) in [5.74, 6) is 0. The van der Waals surface area contributed by atoms with E-state index in [1.807, 2.05) is 0 Å². The van der Waals surface area contributed by atoms with Crippen molar-refractivity contribution in [1.82, 2.24) is 0 Å². The molecule has 2 unspecified atom stereocenters. The molecule has 0 spiro atoms. The smallest absolute Gasteiger partial charge is 0.394 e. The summed E-state index contributed by atoms with van der Waals surface area (Å²) in [5, 5.41) is 8.99. The molecule has 15 heavy (non-hydrogen) atoms. The maximum atomic E-state index is 11.9. The Morgan fingerprint density at radius 3 is 2.67 bits per heavy atom. The minimum atomic E-state index is -4.30. The normalized spacial score (nSPS) is 33.0. The van der Waals surface area contributed by atoms with Gasteiger partial charge in [-0.15, -0.1) is 0 Å². The van der Waals surface area contributed by atoms with E-state index in [0.29, 0.717) is 25.7 Å². The standard InChI is InChI=1S/C9H16F3NO2/c10-9(11,12)6-15-7-2-1-3-8(13,4-7)5-14/h7,14H,1-6,13H2. The fourth-order valence-corrected chi connectivity index (χ4v) is 1.84. The Balaban J connectivity index is 2.37. The molecule has 1 saturated carbocycles. The lowest BCUT2D eigenvalue weighted by atomic mass is 9.81. The number of alkyl halides is 3. The highest BCUT2D eigenvalue weighted by Crippen LogP contribution is 2.29. The molecule has 3 nitrogen and oxygen atoms in total. The number of nitrogens with two attached hydrogens (primary N) is 1. The molecule has 0 aromatic rings. The van der Waals surface area contributed by atoms with Gasteiger partial charge in [0.2, 0.25) is 0 Å². The van der Waals surface area contributed by atoms with Gasteiger partial charge in [-0.25, -0.2) is 0 Å². The molecule has 0 bridgehead atoms. The molecule has 0 aromatic heterocycles. The second kappa shape index (κ2) is 4.67. The Bertz CT molecular complexity index is 210. The maximum Gasteiger partial charge on any atom is 0.411 e. The minimum Gasteiger partial charge on any atom is -0.394 e. The second-order valence-electron chi connectivity index (χ2n) is 4.17. The first-order valence-electron chi connectivity index (χ1n) is 4.93. The van der Waals surface area contributed by atoms with E-state index in [2.05, 4.69) is 0 Å². The van der Waals surface area contributed by atoms with E-state index < -0.39 is 24.4 Å². The first-order valence-corrected chi connectivity index (χ1v) is 4.93. The average Bonchev–Trinajstić information content (AvgIpc) is 2.14. The third-order valence-electron chi connectivity index (χ3n) is 2.63. The number of aliphatic hydroxyl groups is 1. The molecule has 0 heterocycles. The average molecular weight is 227 g/mol. The molecular formula is C9H16F3NO2. The lowest BCUT2D eigenvalue weighted by molar-refractivity contribution is -0.190. The monoisotopic (exact) mass is 227 g/mol. The van der Waals surface area contributed by atoms with Gasteiger partial charge in [-0.1, -0.05) is 0 Å². The molecule has 0 amide bonds. The van der Waals surface area contributed by atoms with Gasteiger partial charge < -0.3 is 15.6 Å². The number of hydrogen-bond donors (Lipinski definition) is 2. The minimum absolute atomic E-state index is 0.209. The van der Waals surface area contributed by atoms with Crippen LogP contribution in [0.3, 0.4) is 0 Å². The molecular weight excluding hydrogens is 211 g/mol. The van der Waals surface area contributed by atoms with Crippen LogP contribution in [0.1, 0.15) is 25.7 Å². The fourth-order valence-electron chi connectivity index (χ4n) is 1.84. The Labute approximate surface area is 86.4 Å². The lowest BCUT2D eigenvalue weighted by Crippen LogP contribution is -2.49. The van der Waals surface area contributed by atoms with Crippen molar-refractivity contribution in [2.75, 3.05) is 13.2 Å². The molecule has 1 fully saturated rings. The van der Waals surface area contributed by atoms with Crippen LogP contribution >= 0.6 is 0 Å². The summed E-state index contributed by atoms with van der Waals surface area (Å²) in [6.45, 7) is -1.45. The largest absolute Gasteiger partial charge is 0.411 e. The van der Waals surface area contributed by atoms with E-state index in [1.165, 1.54) is 0 Å². The van der Waals surface area contributed by atoms with E-state index in [1.54, 1.807) is 0 Å². The summed E-state index contributed by atoms with van der Waals surface area (Å²) >= 11 is 0. The van der Waals surface area contributed by atoms with Gasteiger partial charge in [-0.05, 0) is 25.7 Å². The number of hydrogen-bond acceptors (Lipinski definition) is 3. The molecule has 0 aromatic carbocycles. The zero-order valence-corrected chi connectivity index (χ0v) is 8.39. The molecule has 0 saturated heterocycles. The predicted octanol–water partition coefficient (Wildman–Crippen LogP) is 1.20. The summed E-state index contributed by atoms with van der Waals surface area (Å²) in [7, 11) is 0. The highest BCUT2D eigenvalue weighted by atomic mass is 19.4. The molecule has 1 aliphatic carbocycles. The highest BCUT2D eigenvalue weighted by Gasteiger charge is 2.35. The van der Waals surface area contributed by atoms with Crippen molar-refractivity contribution < 1.29 is 23.0 Å². The Hall–Kier alpha value is -0.330. The van der Waals surface area contributed by atoms with Crippen molar-refractivity contribution in [2.45, 2.75) is 43.5 Å². The zero-order chi connectivity index (χ0) is 11.5. The van der Waals surface area contributed by atoms with Crippen LogP contribution in [-0.2, 0) is 4.74 Å². The molecule has 1 rings (SSSR count). The van der Waals surface area contributed by atoms with Crippen LogP contribution in [0, 0.1) is 0 Å². The summed E-state index contributed by atoms with van der Waals surface area (Å²) in [6.07, 6.45) is -2.59. The van der Waals surface area contributed by atoms with Crippen molar-refractivity contribution in [3.8, 4) is 0 Å². The van der Waals surface area contributed by atoms with Crippen LogP contribution in [0.4, 0.5) is 13.2 Å². The van der Waals surface area contributed by atoms with Crippen molar-refractivity contribution in [1.29, 1.82) is 0 Å². The highest BCUT2D eigenvalue weighted by molar-refractivity contribution is 4.90. The van der Waals surface area contributed by atoms with Gasteiger partial charge in [0.25, 0.3) is 0 Å². The Morgan fingerprint density at radius 2 is 2.13 bits per heavy atom. The maximum absolute atomic E-state index is 11.9. The first-order chi connectivity index (χ1) is 6.85. The number of halogens is 3. The van der Waals surface area contributed by atoms with Gasteiger partial charge >= 0.3 is 6.18 Å². The van der Waals surface area contributed by atoms with Gasteiger partial charge in [0.05, 0.1) is 12.7 Å². The van der Waals surface area contributed by atoms with E-state index in [-0.39, 0.29) is 6.61 Å². The van der Waals surface area contributed by atoms with Gasteiger partial charge in [0.1, 0.15) is 6.61 Å². The second-order valence-corrected chi connectivity index (χ2v) is 4.17. The summed E-state index contributed by atoms with van der Waals surface area (Å²) < 4.78 is 40.4. The van der Waals surface area contributed by atoms with Gasteiger partial charge in [-0.2, -0.15) is 13.2 Å². The van der Waals surface area contributed by atoms with Gasteiger partial charge in [0, 0.05) is 5.54 Å². The van der Waals surface area contributed by atoms with Crippen LogP contribution in [0.25, 0.3) is 0 Å². The molecule has 3 N–H and O–H groups in total. The predicted molar refractivity (Wildman–Crippen MR) is 48.3 cm³/mol. The number of aliphatic hydroxyl groups excluding tert-OH is 1. The topological polar surface area (TPSA) is 55.5 Å². The van der Waals surface area contributed by atoms with E-state index >= 15 is 0 Å². The van der Waals surface area contributed by atoms with Crippen molar-refractivity contribution in [2.24, 2.45) is 5.73 Å². The third kappa shape index (κ3) is 4.36. The summed E-state index contributed by atoms with van der Waals surface area (Å²) in [4.78, 5) is 0. The zero-order valence-electron chi connectivity index (χ0n) is 8.39. The van der Waals surface area contributed by atoms with Crippen LogP contribution < -0.4 is 5.73 Å². The van der Waals surface area contributed by atoms with Crippen LogP contribution in [0.2, 0.25) is 0 Å².